The average Bonchev–Trinajstić information content (AvgIpc) is 3.47. The van der Waals surface area contributed by atoms with Crippen molar-refractivity contribution in [3.63, 3.8) is 0 Å². The van der Waals surface area contributed by atoms with Crippen molar-refractivity contribution in [3.05, 3.63) is 70.6 Å². The van der Waals surface area contributed by atoms with Crippen molar-refractivity contribution in [1.82, 2.24) is 15.2 Å². The summed E-state index contributed by atoms with van der Waals surface area (Å²) < 4.78 is 11.0. The molecule has 0 bridgehead atoms. The van der Waals surface area contributed by atoms with Crippen molar-refractivity contribution in [2.45, 2.75) is 25.5 Å². The molecule has 0 aliphatic carbocycles. The van der Waals surface area contributed by atoms with Gasteiger partial charge in [0.25, 0.3) is 11.8 Å². The van der Waals surface area contributed by atoms with E-state index in [0.717, 1.165) is 5.69 Å². The Bertz CT molecular complexity index is 948. The van der Waals surface area contributed by atoms with Gasteiger partial charge in [-0.3, -0.25) is 9.59 Å². The fourth-order valence-corrected chi connectivity index (χ4v) is 3.83. The van der Waals surface area contributed by atoms with Crippen molar-refractivity contribution in [3.8, 4) is 5.75 Å². The predicted octanol–water partition coefficient (Wildman–Crippen LogP) is 3.35. The van der Waals surface area contributed by atoms with Crippen LogP contribution in [-0.2, 0) is 6.61 Å². The normalized spacial score (nSPS) is 14.6. The van der Waals surface area contributed by atoms with Crippen molar-refractivity contribution in [2.75, 3.05) is 13.1 Å². The second kappa shape index (κ2) is 8.91. The highest BCUT2D eigenvalue weighted by molar-refractivity contribution is 7.07. The topological polar surface area (TPSA) is 84.7 Å². The number of ether oxygens (including phenoxy) is 1. The van der Waals surface area contributed by atoms with Crippen LogP contribution in [-0.4, -0.2) is 40.8 Å². The molecule has 0 unspecified atom stereocenters. The predicted molar refractivity (Wildman–Crippen MR) is 108 cm³/mol. The lowest BCUT2D eigenvalue weighted by atomic mass is 10.0. The largest absolute Gasteiger partial charge is 0.486 e. The van der Waals surface area contributed by atoms with E-state index >= 15 is 0 Å². The van der Waals surface area contributed by atoms with Crippen LogP contribution < -0.4 is 10.1 Å². The highest BCUT2D eigenvalue weighted by Gasteiger charge is 2.26. The number of thiazole rings is 1. The number of para-hydroxylation sites is 1. The lowest BCUT2D eigenvalue weighted by Crippen LogP contribution is -2.46. The summed E-state index contributed by atoms with van der Waals surface area (Å²) >= 11 is 1.51. The van der Waals surface area contributed by atoms with Gasteiger partial charge in [0.05, 0.1) is 23.0 Å². The van der Waals surface area contributed by atoms with Crippen LogP contribution in [0, 0.1) is 0 Å². The molecule has 3 aromatic rings. The van der Waals surface area contributed by atoms with Crippen LogP contribution in [0.5, 0.6) is 5.75 Å². The quantitative estimate of drug-likeness (QED) is 0.672. The molecule has 4 rings (SSSR count). The number of hydrogen-bond acceptors (Lipinski definition) is 6. The Morgan fingerprint density at radius 2 is 2.03 bits per heavy atom. The molecular formula is C21H21N3O4S. The molecular weight excluding hydrogens is 390 g/mol. The summed E-state index contributed by atoms with van der Waals surface area (Å²) in [5, 5.41) is 4.99. The zero-order valence-corrected chi connectivity index (χ0v) is 16.6. The number of piperidine rings is 1. The van der Waals surface area contributed by atoms with Crippen LogP contribution in [0.3, 0.4) is 0 Å². The summed E-state index contributed by atoms with van der Waals surface area (Å²) in [5.74, 6) is 0.595. The van der Waals surface area contributed by atoms with Gasteiger partial charge in [-0.05, 0) is 37.1 Å². The Labute approximate surface area is 172 Å². The summed E-state index contributed by atoms with van der Waals surface area (Å²) in [6.07, 6.45) is 2.88. The second-order valence-electron chi connectivity index (χ2n) is 6.78. The molecule has 0 spiro atoms. The van der Waals surface area contributed by atoms with Gasteiger partial charge in [0.1, 0.15) is 12.4 Å². The maximum atomic E-state index is 12.8. The number of furan rings is 1. The van der Waals surface area contributed by atoms with Gasteiger partial charge in [-0.15, -0.1) is 11.3 Å². The SMILES string of the molecule is O=C(NC1CCN(C(=O)c2ccco2)CC1)c1ccccc1OCc1cscn1. The number of carbonyl (C=O) groups is 2. The first kappa shape index (κ1) is 19.2. The Kier molecular flexibility index (Phi) is 5.90. The Hall–Kier alpha value is -3.13. The molecule has 150 valence electrons. The number of nitrogens with zero attached hydrogens (tertiary/aromatic N) is 2. The Morgan fingerprint density at radius 1 is 1.21 bits per heavy atom. The number of rotatable bonds is 6. The standard InChI is InChI=1S/C21H21N3O4S/c25-20(17-4-1-2-5-18(17)28-12-16-13-29-14-22-16)23-15-7-9-24(10-8-15)21(26)19-6-3-11-27-19/h1-6,11,13-15H,7-10,12H2,(H,23,25). The molecule has 7 nitrogen and oxygen atoms in total. The molecule has 0 saturated carbocycles. The number of carbonyl (C=O) groups excluding carboxylic acids is 2. The smallest absolute Gasteiger partial charge is 0.289 e. The van der Waals surface area contributed by atoms with Gasteiger partial charge in [-0.25, -0.2) is 4.98 Å². The first-order valence-electron chi connectivity index (χ1n) is 9.43. The van der Waals surface area contributed by atoms with E-state index in [1.54, 1.807) is 34.7 Å². The van der Waals surface area contributed by atoms with Gasteiger partial charge >= 0.3 is 0 Å². The summed E-state index contributed by atoms with van der Waals surface area (Å²) in [6.45, 7) is 1.47. The Balaban J connectivity index is 1.32. The molecule has 0 atom stereocenters. The van der Waals surface area contributed by atoms with Gasteiger partial charge in [-0.2, -0.15) is 0 Å². The number of nitrogens with one attached hydrogen (secondary N) is 1. The lowest BCUT2D eigenvalue weighted by Gasteiger charge is -2.32. The monoisotopic (exact) mass is 411 g/mol. The minimum absolute atomic E-state index is 0.00903. The first-order chi connectivity index (χ1) is 14.2. The molecule has 1 aliphatic heterocycles. The average molecular weight is 411 g/mol. The van der Waals surface area contributed by atoms with Crippen LogP contribution in [0.1, 0.15) is 39.4 Å². The van der Waals surface area contributed by atoms with Gasteiger partial charge in [0.15, 0.2) is 5.76 Å². The van der Waals surface area contributed by atoms with Crippen LogP contribution in [0.15, 0.2) is 58.0 Å². The van der Waals surface area contributed by atoms with Crippen LogP contribution in [0.4, 0.5) is 0 Å². The van der Waals surface area contributed by atoms with Gasteiger partial charge in [0.2, 0.25) is 0 Å². The molecule has 2 amide bonds. The molecule has 1 saturated heterocycles. The van der Waals surface area contributed by atoms with E-state index in [4.69, 9.17) is 9.15 Å². The Morgan fingerprint density at radius 3 is 2.76 bits per heavy atom. The molecule has 8 heteroatoms. The summed E-state index contributed by atoms with van der Waals surface area (Å²) in [6, 6.07) is 10.6. The highest BCUT2D eigenvalue weighted by atomic mass is 32.1. The van der Waals surface area contributed by atoms with Crippen molar-refractivity contribution in [1.29, 1.82) is 0 Å². The van der Waals surface area contributed by atoms with Crippen LogP contribution >= 0.6 is 11.3 Å². The highest BCUT2D eigenvalue weighted by Crippen LogP contribution is 2.21. The van der Waals surface area contributed by atoms with Gasteiger partial charge < -0.3 is 19.4 Å². The molecule has 0 radical (unpaired) electrons. The van der Waals surface area contributed by atoms with Crippen molar-refractivity contribution in [2.24, 2.45) is 0 Å². The third kappa shape index (κ3) is 4.65. The zero-order valence-electron chi connectivity index (χ0n) is 15.7. The third-order valence-electron chi connectivity index (χ3n) is 4.84. The number of likely N-dealkylation sites (tertiary alicyclic amines) is 1. The van der Waals surface area contributed by atoms with Crippen molar-refractivity contribution >= 4 is 23.2 Å². The minimum Gasteiger partial charge on any atom is -0.486 e. The van der Waals surface area contributed by atoms with E-state index in [2.05, 4.69) is 10.3 Å². The molecule has 2 aromatic heterocycles. The minimum atomic E-state index is -0.172. The molecule has 3 heterocycles. The maximum Gasteiger partial charge on any atom is 0.289 e. The van der Waals surface area contributed by atoms with Gasteiger partial charge in [-0.1, -0.05) is 12.1 Å². The van der Waals surface area contributed by atoms with Crippen molar-refractivity contribution < 1.29 is 18.7 Å². The summed E-state index contributed by atoms with van der Waals surface area (Å²) in [5.41, 5.74) is 3.08. The maximum absolute atomic E-state index is 12.8. The molecule has 1 N–H and O–H groups in total. The summed E-state index contributed by atoms with van der Waals surface area (Å²) in [4.78, 5) is 31.1. The number of benzene rings is 1. The number of amides is 2. The zero-order chi connectivity index (χ0) is 20.1. The fraction of sp³-hybridized carbons (Fsp3) is 0.286. The number of aromatic nitrogens is 1. The van der Waals surface area contributed by atoms with Gasteiger partial charge in [0, 0.05) is 24.5 Å². The molecule has 1 aromatic carbocycles. The molecule has 1 aliphatic rings. The van der Waals surface area contributed by atoms with Crippen LogP contribution in [0.25, 0.3) is 0 Å². The molecule has 29 heavy (non-hydrogen) atoms. The van der Waals surface area contributed by atoms with E-state index < -0.39 is 0 Å². The van der Waals surface area contributed by atoms with Crippen LogP contribution in [0.2, 0.25) is 0 Å². The van der Waals surface area contributed by atoms with E-state index in [1.165, 1.54) is 17.6 Å². The first-order valence-corrected chi connectivity index (χ1v) is 10.4. The summed E-state index contributed by atoms with van der Waals surface area (Å²) in [7, 11) is 0. The van der Waals surface area contributed by atoms with E-state index in [9.17, 15) is 9.59 Å². The van der Waals surface area contributed by atoms with E-state index in [0.29, 0.717) is 49.6 Å². The second-order valence-corrected chi connectivity index (χ2v) is 7.50. The lowest BCUT2D eigenvalue weighted by molar-refractivity contribution is 0.0667. The third-order valence-corrected chi connectivity index (χ3v) is 5.48. The number of hydrogen-bond donors (Lipinski definition) is 1. The van der Waals surface area contributed by atoms with E-state index in [1.807, 2.05) is 17.5 Å². The molecule has 1 fully saturated rings. The van der Waals surface area contributed by atoms with E-state index in [-0.39, 0.29) is 17.9 Å². The fourth-order valence-electron chi connectivity index (χ4n) is 3.29.